The van der Waals surface area contributed by atoms with Gasteiger partial charge in [-0.25, -0.2) is 0 Å². The Hall–Kier alpha value is -1.07. The fraction of sp³-hybridized carbons (Fsp3) is 0.611. The van der Waals surface area contributed by atoms with Gasteiger partial charge in [0.25, 0.3) is 0 Å². The summed E-state index contributed by atoms with van der Waals surface area (Å²) in [5, 5.41) is 2.91. The molecule has 23 heavy (non-hydrogen) atoms. The third-order valence-corrected chi connectivity index (χ3v) is 4.44. The van der Waals surface area contributed by atoms with Crippen molar-refractivity contribution in [2.24, 2.45) is 0 Å². The molecular weight excluding hydrogens is 358 g/mol. The lowest BCUT2D eigenvalue weighted by Crippen LogP contribution is -2.27. The zero-order valence-corrected chi connectivity index (χ0v) is 15.1. The molecule has 1 saturated carbocycles. The summed E-state index contributed by atoms with van der Waals surface area (Å²) in [5.74, 6) is 0.797. The van der Waals surface area contributed by atoms with Gasteiger partial charge < -0.3 is 14.8 Å². The number of hydrogen-bond donors (Lipinski definition) is 1. The van der Waals surface area contributed by atoms with Crippen molar-refractivity contribution in [3.63, 3.8) is 0 Å². The quantitative estimate of drug-likeness (QED) is 0.653. The Balaban J connectivity index is 1.46. The highest BCUT2D eigenvalue weighted by Crippen LogP contribution is 2.20. The SMILES string of the molecule is O=C(CCOc1cccc(Br)c1)NCCCOC1CCCCC1. The van der Waals surface area contributed by atoms with Crippen LogP contribution in [0.2, 0.25) is 0 Å². The molecule has 1 amide bonds. The van der Waals surface area contributed by atoms with Crippen LogP contribution in [0.25, 0.3) is 0 Å². The maximum atomic E-state index is 11.7. The van der Waals surface area contributed by atoms with Crippen LogP contribution in [0, 0.1) is 0 Å². The van der Waals surface area contributed by atoms with Crippen LogP contribution in [0.4, 0.5) is 0 Å². The Morgan fingerprint density at radius 2 is 2.04 bits per heavy atom. The monoisotopic (exact) mass is 383 g/mol. The molecule has 2 rings (SSSR count). The van der Waals surface area contributed by atoms with E-state index in [1.807, 2.05) is 24.3 Å². The van der Waals surface area contributed by atoms with E-state index in [2.05, 4.69) is 21.2 Å². The van der Waals surface area contributed by atoms with E-state index in [9.17, 15) is 4.79 Å². The second-order valence-corrected chi connectivity index (χ2v) is 6.81. The molecule has 1 N–H and O–H groups in total. The van der Waals surface area contributed by atoms with Crippen molar-refractivity contribution in [1.29, 1.82) is 0 Å². The largest absolute Gasteiger partial charge is 0.493 e. The molecule has 1 aliphatic carbocycles. The summed E-state index contributed by atoms with van der Waals surface area (Å²) in [4.78, 5) is 11.7. The average Bonchev–Trinajstić information content (AvgIpc) is 2.55. The van der Waals surface area contributed by atoms with Gasteiger partial charge in [-0.15, -0.1) is 0 Å². The standard InChI is InChI=1S/C18H26BrNO3/c19-15-6-4-9-17(14-15)23-13-10-18(21)20-11-5-12-22-16-7-2-1-3-8-16/h4,6,9,14,16H,1-3,5,7-8,10-13H2,(H,20,21). The third-order valence-electron chi connectivity index (χ3n) is 3.94. The van der Waals surface area contributed by atoms with Crippen molar-refractivity contribution in [1.82, 2.24) is 5.32 Å². The predicted molar refractivity (Wildman–Crippen MR) is 94.7 cm³/mol. The fourth-order valence-corrected chi connectivity index (χ4v) is 3.07. The van der Waals surface area contributed by atoms with E-state index in [4.69, 9.17) is 9.47 Å². The molecule has 0 unspecified atom stereocenters. The van der Waals surface area contributed by atoms with Crippen LogP contribution < -0.4 is 10.1 Å². The van der Waals surface area contributed by atoms with E-state index in [1.165, 1.54) is 32.1 Å². The Bertz CT molecular complexity index is 475. The van der Waals surface area contributed by atoms with Gasteiger partial charge in [0.15, 0.2) is 0 Å². The summed E-state index contributed by atoms with van der Waals surface area (Å²) in [7, 11) is 0. The summed E-state index contributed by atoms with van der Waals surface area (Å²) in [6, 6.07) is 7.62. The van der Waals surface area contributed by atoms with E-state index >= 15 is 0 Å². The predicted octanol–water partition coefficient (Wildman–Crippen LogP) is 4.07. The maximum Gasteiger partial charge on any atom is 0.223 e. The van der Waals surface area contributed by atoms with E-state index in [0.29, 0.717) is 25.7 Å². The van der Waals surface area contributed by atoms with Gasteiger partial charge in [0.1, 0.15) is 5.75 Å². The van der Waals surface area contributed by atoms with Crippen molar-refractivity contribution in [2.75, 3.05) is 19.8 Å². The minimum Gasteiger partial charge on any atom is -0.493 e. The number of halogens is 1. The summed E-state index contributed by atoms with van der Waals surface area (Å²) in [5.41, 5.74) is 0. The molecule has 0 spiro atoms. The number of carbonyl (C=O) groups excluding carboxylic acids is 1. The number of rotatable bonds is 9. The summed E-state index contributed by atoms with van der Waals surface area (Å²) in [6.45, 7) is 1.79. The van der Waals surface area contributed by atoms with Crippen molar-refractivity contribution in [3.8, 4) is 5.75 Å². The van der Waals surface area contributed by atoms with E-state index < -0.39 is 0 Å². The molecule has 0 aromatic heterocycles. The second kappa shape index (κ2) is 10.7. The Kier molecular flexibility index (Phi) is 8.47. The number of benzene rings is 1. The number of ether oxygens (including phenoxy) is 2. The average molecular weight is 384 g/mol. The molecule has 0 atom stereocenters. The Labute approximate surface area is 147 Å². The Morgan fingerprint density at radius 1 is 1.22 bits per heavy atom. The van der Waals surface area contributed by atoms with Gasteiger partial charge in [-0.2, -0.15) is 0 Å². The normalized spacial score (nSPS) is 15.3. The van der Waals surface area contributed by atoms with Gasteiger partial charge in [0, 0.05) is 17.6 Å². The molecule has 5 heteroatoms. The second-order valence-electron chi connectivity index (χ2n) is 5.89. The highest BCUT2D eigenvalue weighted by molar-refractivity contribution is 9.10. The maximum absolute atomic E-state index is 11.7. The summed E-state index contributed by atoms with van der Waals surface area (Å²) < 4.78 is 12.4. The lowest BCUT2D eigenvalue weighted by Gasteiger charge is -2.21. The first-order valence-corrected chi connectivity index (χ1v) is 9.30. The molecule has 0 saturated heterocycles. The number of nitrogens with one attached hydrogen (secondary N) is 1. The van der Waals surface area contributed by atoms with Crippen molar-refractivity contribution < 1.29 is 14.3 Å². The summed E-state index contributed by atoms with van der Waals surface area (Å²) >= 11 is 3.39. The van der Waals surface area contributed by atoms with Gasteiger partial charge >= 0.3 is 0 Å². The number of amides is 1. The van der Waals surface area contributed by atoms with Crippen LogP contribution in [0.15, 0.2) is 28.7 Å². The zero-order valence-electron chi connectivity index (χ0n) is 13.6. The third kappa shape index (κ3) is 7.84. The minimum atomic E-state index is 0.0256. The van der Waals surface area contributed by atoms with Gasteiger partial charge in [-0.05, 0) is 37.5 Å². The molecule has 1 aromatic carbocycles. The fourth-order valence-electron chi connectivity index (χ4n) is 2.69. The first kappa shape index (κ1) is 18.3. The van der Waals surface area contributed by atoms with Crippen LogP contribution >= 0.6 is 15.9 Å². The first-order chi connectivity index (χ1) is 11.2. The van der Waals surface area contributed by atoms with Crippen molar-refractivity contribution in [3.05, 3.63) is 28.7 Å². The smallest absolute Gasteiger partial charge is 0.223 e. The van der Waals surface area contributed by atoms with E-state index in [-0.39, 0.29) is 5.91 Å². The number of hydrogen-bond acceptors (Lipinski definition) is 3. The van der Waals surface area contributed by atoms with Crippen LogP contribution in [-0.2, 0) is 9.53 Å². The molecular formula is C18H26BrNO3. The van der Waals surface area contributed by atoms with Crippen LogP contribution in [-0.4, -0.2) is 31.8 Å². The molecule has 1 fully saturated rings. The highest BCUT2D eigenvalue weighted by Gasteiger charge is 2.13. The molecule has 0 radical (unpaired) electrons. The molecule has 4 nitrogen and oxygen atoms in total. The lowest BCUT2D eigenvalue weighted by molar-refractivity contribution is -0.121. The minimum absolute atomic E-state index is 0.0256. The van der Waals surface area contributed by atoms with Gasteiger partial charge in [0.05, 0.1) is 19.1 Å². The van der Waals surface area contributed by atoms with Crippen molar-refractivity contribution >= 4 is 21.8 Å². The van der Waals surface area contributed by atoms with Crippen LogP contribution in [0.3, 0.4) is 0 Å². The summed E-state index contributed by atoms with van der Waals surface area (Å²) in [6.07, 6.45) is 8.00. The Morgan fingerprint density at radius 3 is 2.83 bits per heavy atom. The molecule has 0 aliphatic heterocycles. The zero-order chi connectivity index (χ0) is 16.3. The lowest BCUT2D eigenvalue weighted by atomic mass is 9.98. The first-order valence-electron chi connectivity index (χ1n) is 8.51. The molecule has 0 bridgehead atoms. The van der Waals surface area contributed by atoms with Crippen molar-refractivity contribution in [2.45, 2.75) is 51.0 Å². The van der Waals surface area contributed by atoms with Gasteiger partial charge in [-0.1, -0.05) is 41.3 Å². The van der Waals surface area contributed by atoms with Crippen LogP contribution in [0.1, 0.15) is 44.9 Å². The molecule has 1 aliphatic rings. The van der Waals surface area contributed by atoms with Gasteiger partial charge in [-0.3, -0.25) is 4.79 Å². The topological polar surface area (TPSA) is 47.6 Å². The molecule has 1 aromatic rings. The van der Waals surface area contributed by atoms with Crippen LogP contribution in [0.5, 0.6) is 5.75 Å². The molecule has 128 valence electrons. The van der Waals surface area contributed by atoms with Gasteiger partial charge in [0.2, 0.25) is 5.91 Å². The van der Waals surface area contributed by atoms with E-state index in [1.54, 1.807) is 0 Å². The highest BCUT2D eigenvalue weighted by atomic mass is 79.9. The molecule has 0 heterocycles. The number of carbonyl (C=O) groups is 1. The van der Waals surface area contributed by atoms with E-state index in [0.717, 1.165) is 23.2 Å².